The second-order valence-corrected chi connectivity index (χ2v) is 14.1. The van der Waals surface area contributed by atoms with Crippen LogP contribution in [0.15, 0.2) is 0 Å². The number of carboxylic acid groups (broad SMARTS) is 1. The van der Waals surface area contributed by atoms with Gasteiger partial charge in [-0.1, -0.05) is 27.7 Å². The fourth-order valence-corrected chi connectivity index (χ4v) is 9.50. The maximum atomic E-state index is 13.2. The molecule has 0 radical (unpaired) electrons. The van der Waals surface area contributed by atoms with Crippen LogP contribution in [0.2, 0.25) is 0 Å². The second-order valence-electron chi connectivity index (χ2n) is 14.1. The Kier molecular flexibility index (Phi) is 8.85. The number of ether oxygens (including phenoxy) is 1. The van der Waals surface area contributed by atoms with Crippen molar-refractivity contribution < 1.29 is 29.0 Å². The molecule has 0 heterocycles. The zero-order valence-corrected chi connectivity index (χ0v) is 24.5. The number of hydrogen-bond acceptors (Lipinski definition) is 6. The summed E-state index contributed by atoms with van der Waals surface area (Å²) >= 11 is 0. The number of rotatable bonds is 9. The van der Waals surface area contributed by atoms with Crippen LogP contribution in [0.1, 0.15) is 105 Å². The summed E-state index contributed by atoms with van der Waals surface area (Å²) in [4.78, 5) is 48.9. The summed E-state index contributed by atoms with van der Waals surface area (Å²) in [6.45, 7) is 10.4. The average Bonchev–Trinajstić information content (AvgIpc) is 3.19. The number of amides is 1. The molecule has 4 aliphatic rings. The van der Waals surface area contributed by atoms with Gasteiger partial charge in [-0.2, -0.15) is 0 Å². The topological polar surface area (TPSA) is 136 Å². The van der Waals surface area contributed by atoms with E-state index in [1.165, 1.54) is 19.3 Å². The summed E-state index contributed by atoms with van der Waals surface area (Å²) in [6.07, 6.45) is 9.08. The Morgan fingerprint density at radius 1 is 0.949 bits per heavy atom. The Hall–Kier alpha value is -1.96. The van der Waals surface area contributed by atoms with E-state index >= 15 is 0 Å². The highest BCUT2D eigenvalue weighted by Gasteiger charge is 2.61. The van der Waals surface area contributed by atoms with Gasteiger partial charge in [0.2, 0.25) is 5.91 Å². The molecule has 4 aliphatic carbocycles. The molecule has 0 aromatic rings. The molecule has 0 bridgehead atoms. The van der Waals surface area contributed by atoms with Gasteiger partial charge in [0.25, 0.3) is 0 Å². The van der Waals surface area contributed by atoms with Crippen molar-refractivity contribution in [3.05, 3.63) is 0 Å². The van der Waals surface area contributed by atoms with Crippen LogP contribution in [-0.2, 0) is 23.9 Å². The predicted molar refractivity (Wildman–Crippen MR) is 147 cm³/mol. The number of carbonyl (C=O) groups excluding carboxylic acids is 3. The van der Waals surface area contributed by atoms with E-state index in [0.29, 0.717) is 29.5 Å². The minimum absolute atomic E-state index is 0.150. The normalized spacial score (nSPS) is 39.1. The Morgan fingerprint density at radius 3 is 2.26 bits per heavy atom. The number of nitrogens with two attached hydrogens (primary N) is 1. The number of esters is 1. The number of hydrogen-bond donors (Lipinski definition) is 3. The molecule has 4 fully saturated rings. The molecule has 10 atom stereocenters. The standard InChI is InChI=1S/C31H50N2O6/c1-17(2)28(33-26(35)15-20(32)16-27(36)37)29(38)39-21-10-12-30(4)19(14-21)6-7-22-24-9-8-23(18(3)34)31(24,5)13-11-25(22)30/h17,19-25,28H,6-16,32H2,1-5H3,(H,33,35)(H,36,37)/t19-,20-,21+,22-,23+,24-,25-,28-,30-,31+/m0/s1. The van der Waals surface area contributed by atoms with Crippen molar-refractivity contribution in [3.63, 3.8) is 0 Å². The summed E-state index contributed by atoms with van der Waals surface area (Å²) in [7, 11) is 0. The van der Waals surface area contributed by atoms with Crippen LogP contribution in [0.25, 0.3) is 0 Å². The van der Waals surface area contributed by atoms with Gasteiger partial charge in [0, 0.05) is 18.4 Å². The van der Waals surface area contributed by atoms with E-state index in [0.717, 1.165) is 38.5 Å². The molecular weight excluding hydrogens is 496 g/mol. The van der Waals surface area contributed by atoms with Gasteiger partial charge in [0.15, 0.2) is 0 Å². The summed E-state index contributed by atoms with van der Waals surface area (Å²) in [5, 5.41) is 11.6. The van der Waals surface area contributed by atoms with E-state index in [4.69, 9.17) is 15.6 Å². The Labute approximate surface area is 233 Å². The lowest BCUT2D eigenvalue weighted by molar-refractivity contribution is -0.166. The van der Waals surface area contributed by atoms with Gasteiger partial charge in [-0.25, -0.2) is 4.79 Å². The molecule has 39 heavy (non-hydrogen) atoms. The lowest BCUT2D eigenvalue weighted by Crippen LogP contribution is -2.55. The van der Waals surface area contributed by atoms with Crippen LogP contribution in [0, 0.1) is 46.3 Å². The van der Waals surface area contributed by atoms with Crippen LogP contribution < -0.4 is 11.1 Å². The first kappa shape index (κ1) is 30.0. The zero-order chi connectivity index (χ0) is 28.7. The van der Waals surface area contributed by atoms with Gasteiger partial charge >= 0.3 is 11.9 Å². The van der Waals surface area contributed by atoms with Crippen molar-refractivity contribution in [2.75, 3.05) is 0 Å². The molecule has 1 amide bonds. The van der Waals surface area contributed by atoms with Crippen molar-refractivity contribution in [1.82, 2.24) is 5.32 Å². The molecule has 8 nitrogen and oxygen atoms in total. The maximum absolute atomic E-state index is 13.2. The molecule has 0 unspecified atom stereocenters. The number of ketones is 1. The highest BCUT2D eigenvalue weighted by atomic mass is 16.5. The molecule has 4 N–H and O–H groups in total. The van der Waals surface area contributed by atoms with Crippen LogP contribution in [0.5, 0.6) is 0 Å². The number of Topliss-reactive ketones (excluding diaryl/α,β-unsaturated/α-hetero) is 1. The summed E-state index contributed by atoms with van der Waals surface area (Å²) < 4.78 is 6.02. The third-order valence-electron chi connectivity index (χ3n) is 11.5. The molecule has 0 aliphatic heterocycles. The summed E-state index contributed by atoms with van der Waals surface area (Å²) in [5.41, 5.74) is 6.16. The van der Waals surface area contributed by atoms with E-state index in [2.05, 4.69) is 19.2 Å². The predicted octanol–water partition coefficient (Wildman–Crippen LogP) is 4.48. The monoisotopic (exact) mass is 546 g/mol. The van der Waals surface area contributed by atoms with Crippen molar-refractivity contribution >= 4 is 23.6 Å². The molecule has 8 heteroatoms. The van der Waals surface area contributed by atoms with Crippen LogP contribution in [-0.4, -0.2) is 46.9 Å². The third-order valence-corrected chi connectivity index (χ3v) is 11.5. The molecule has 4 saturated carbocycles. The fourth-order valence-electron chi connectivity index (χ4n) is 9.50. The molecule has 0 spiro atoms. The van der Waals surface area contributed by atoms with E-state index in [1.54, 1.807) is 6.92 Å². The molecule has 220 valence electrons. The molecule has 0 saturated heterocycles. The first-order chi connectivity index (χ1) is 18.3. The smallest absolute Gasteiger partial charge is 0.329 e. The third kappa shape index (κ3) is 5.91. The quantitative estimate of drug-likeness (QED) is 0.363. The largest absolute Gasteiger partial charge is 0.481 e. The van der Waals surface area contributed by atoms with Gasteiger partial charge in [0.1, 0.15) is 17.9 Å². The average molecular weight is 547 g/mol. The fraction of sp³-hybridized carbons (Fsp3) is 0.871. The number of nitrogens with one attached hydrogen (secondary N) is 1. The highest BCUT2D eigenvalue weighted by molar-refractivity contribution is 5.85. The van der Waals surface area contributed by atoms with Crippen molar-refractivity contribution in [2.45, 2.75) is 123 Å². The van der Waals surface area contributed by atoms with Crippen molar-refractivity contribution in [1.29, 1.82) is 0 Å². The van der Waals surface area contributed by atoms with Gasteiger partial charge < -0.3 is 20.9 Å². The number of fused-ring (bicyclic) bond motifs is 5. The van der Waals surface area contributed by atoms with Gasteiger partial charge in [-0.15, -0.1) is 0 Å². The van der Waals surface area contributed by atoms with Crippen LogP contribution in [0.4, 0.5) is 0 Å². The van der Waals surface area contributed by atoms with E-state index < -0.39 is 29.9 Å². The first-order valence-electron chi connectivity index (χ1n) is 15.2. The summed E-state index contributed by atoms with van der Waals surface area (Å²) in [5.74, 6) is 1.07. The van der Waals surface area contributed by atoms with Crippen molar-refractivity contribution in [2.24, 2.45) is 52.1 Å². The van der Waals surface area contributed by atoms with Crippen LogP contribution >= 0.6 is 0 Å². The van der Waals surface area contributed by atoms with Crippen LogP contribution in [0.3, 0.4) is 0 Å². The first-order valence-corrected chi connectivity index (χ1v) is 15.2. The Balaban J connectivity index is 1.36. The van der Waals surface area contributed by atoms with Gasteiger partial charge in [0.05, 0.1) is 6.42 Å². The minimum atomic E-state index is -1.06. The van der Waals surface area contributed by atoms with E-state index in [1.807, 2.05) is 13.8 Å². The molecule has 0 aromatic heterocycles. The second kappa shape index (κ2) is 11.5. The lowest BCUT2D eigenvalue weighted by Gasteiger charge is -2.61. The SMILES string of the molecule is CC(=O)[C@H]1CC[C@H]2[C@@H]3CC[C@H]4C[C@H](OC(=O)[C@@H](NC(=O)C[C@H](N)CC(=O)O)C(C)C)CC[C@]4(C)[C@H]3CC[C@]12C. The highest BCUT2D eigenvalue weighted by Crippen LogP contribution is 2.67. The van der Waals surface area contributed by atoms with E-state index in [9.17, 15) is 19.2 Å². The Bertz CT molecular complexity index is 967. The Morgan fingerprint density at radius 2 is 1.62 bits per heavy atom. The van der Waals surface area contributed by atoms with Gasteiger partial charge in [-0.3, -0.25) is 14.4 Å². The number of aliphatic carboxylic acids is 1. The van der Waals surface area contributed by atoms with E-state index in [-0.39, 0.29) is 41.6 Å². The number of carbonyl (C=O) groups is 4. The minimum Gasteiger partial charge on any atom is -0.481 e. The number of carboxylic acids is 1. The lowest BCUT2D eigenvalue weighted by atomic mass is 9.44. The molecular formula is C31H50N2O6. The maximum Gasteiger partial charge on any atom is 0.329 e. The summed E-state index contributed by atoms with van der Waals surface area (Å²) in [6, 6.07) is -1.58. The molecule has 0 aromatic carbocycles. The van der Waals surface area contributed by atoms with Crippen molar-refractivity contribution in [3.8, 4) is 0 Å². The molecule has 4 rings (SSSR count). The zero-order valence-electron chi connectivity index (χ0n) is 24.5. The van der Waals surface area contributed by atoms with Gasteiger partial charge in [-0.05, 0) is 105 Å².